The maximum Gasteiger partial charge on any atom is 0.325 e. The van der Waals surface area contributed by atoms with E-state index in [-0.39, 0.29) is 16.5 Å². The van der Waals surface area contributed by atoms with Crippen molar-refractivity contribution in [2.45, 2.75) is 22.1 Å². The lowest BCUT2D eigenvalue weighted by Crippen LogP contribution is -2.44. The van der Waals surface area contributed by atoms with E-state index in [1.807, 2.05) is 71.4 Å². The predicted octanol–water partition coefficient (Wildman–Crippen LogP) is 3.96. The van der Waals surface area contributed by atoms with Crippen LogP contribution in [0.3, 0.4) is 0 Å². The van der Waals surface area contributed by atoms with Crippen molar-refractivity contribution < 1.29 is 18.3 Å². The van der Waals surface area contributed by atoms with Gasteiger partial charge >= 0.3 is 5.97 Å². The summed E-state index contributed by atoms with van der Waals surface area (Å²) >= 11 is 1.13. The number of fused-ring (bicyclic) bond motifs is 1. The van der Waals surface area contributed by atoms with E-state index in [2.05, 4.69) is 4.72 Å². The first kappa shape index (κ1) is 19.0. The summed E-state index contributed by atoms with van der Waals surface area (Å²) < 4.78 is 30.6. The summed E-state index contributed by atoms with van der Waals surface area (Å²) in [5.74, 6) is -1.54. The van der Waals surface area contributed by atoms with Gasteiger partial charge in [-0.1, -0.05) is 36.4 Å². The third-order valence-corrected chi connectivity index (χ3v) is 8.63. The highest BCUT2D eigenvalue weighted by Crippen LogP contribution is 2.52. The molecule has 4 aromatic rings. The molecule has 2 N–H and O–H groups in total. The summed E-state index contributed by atoms with van der Waals surface area (Å²) in [5.41, 5.74) is 1.23. The van der Waals surface area contributed by atoms with Crippen LogP contribution in [0, 0.1) is 0 Å². The molecule has 1 aliphatic rings. The number of nitrogens with one attached hydrogen (secondary N) is 1. The van der Waals surface area contributed by atoms with Crippen LogP contribution in [-0.2, 0) is 14.8 Å². The molecule has 1 aliphatic carbocycles. The van der Waals surface area contributed by atoms with Crippen molar-refractivity contribution in [3.8, 4) is 10.4 Å². The minimum Gasteiger partial charge on any atom is -0.480 e. The van der Waals surface area contributed by atoms with Gasteiger partial charge < -0.3 is 9.51 Å². The van der Waals surface area contributed by atoms with Crippen molar-refractivity contribution in [1.29, 1.82) is 0 Å². The van der Waals surface area contributed by atoms with E-state index >= 15 is 0 Å². The molecule has 0 unspecified atom stereocenters. The smallest absolute Gasteiger partial charge is 0.325 e. The molecule has 0 bridgehead atoms. The lowest BCUT2D eigenvalue weighted by molar-refractivity contribution is -0.140. The van der Waals surface area contributed by atoms with E-state index in [0.29, 0.717) is 0 Å². The first-order valence-electron chi connectivity index (χ1n) is 9.38. The van der Waals surface area contributed by atoms with Gasteiger partial charge in [-0.3, -0.25) is 4.79 Å². The maximum absolute atomic E-state index is 13.0. The number of rotatable bonds is 6. The second-order valence-corrected chi connectivity index (χ2v) is 10.4. The van der Waals surface area contributed by atoms with Gasteiger partial charge in [0, 0.05) is 34.3 Å². The molecule has 1 saturated carbocycles. The van der Waals surface area contributed by atoms with Gasteiger partial charge in [0.25, 0.3) is 10.0 Å². The molecule has 1 fully saturated rings. The van der Waals surface area contributed by atoms with E-state index < -0.39 is 21.5 Å². The second kappa shape index (κ2) is 6.80. The number of hydrogen-bond acceptors (Lipinski definition) is 4. The quantitative estimate of drug-likeness (QED) is 0.477. The van der Waals surface area contributed by atoms with Crippen LogP contribution in [0.4, 0.5) is 0 Å². The van der Waals surface area contributed by atoms with Crippen molar-refractivity contribution in [1.82, 2.24) is 9.12 Å². The van der Waals surface area contributed by atoms with E-state index in [1.165, 1.54) is 6.07 Å². The van der Waals surface area contributed by atoms with Crippen molar-refractivity contribution in [2.24, 2.45) is 0 Å². The van der Waals surface area contributed by atoms with Crippen LogP contribution in [0.15, 0.2) is 83.3 Å². The van der Waals surface area contributed by atoms with E-state index in [4.69, 9.17) is 0 Å². The molecular weight excluding hydrogens is 420 g/mol. The minimum atomic E-state index is -3.98. The Labute approximate surface area is 177 Å². The fraction of sp³-hybridized carbons (Fsp3) is 0.136. The zero-order valence-corrected chi connectivity index (χ0v) is 17.4. The molecule has 2 atom stereocenters. The van der Waals surface area contributed by atoms with Crippen LogP contribution in [0.1, 0.15) is 17.9 Å². The number of aromatic nitrogens is 1. The van der Waals surface area contributed by atoms with Crippen LogP contribution in [-0.4, -0.2) is 29.4 Å². The third-order valence-electron chi connectivity index (χ3n) is 5.50. The zero-order chi connectivity index (χ0) is 20.9. The van der Waals surface area contributed by atoms with Crippen LogP contribution >= 0.6 is 11.3 Å². The molecule has 5 rings (SSSR count). The standard InChI is InChI=1S/C22H18N2O4S2/c25-21(26)22(13-18(22)15-6-2-1-3-7-15)23-30(27,28)20-10-9-19(29-20)16-12-17-8-4-5-11-24(17)14-16/h1-12,14,18,23H,13H2,(H,25,26)/t18-,22-/m0/s1. The Hall–Kier alpha value is -2.94. The van der Waals surface area contributed by atoms with E-state index in [0.717, 1.165) is 32.9 Å². The van der Waals surface area contributed by atoms with Crippen LogP contribution in [0.5, 0.6) is 0 Å². The fourth-order valence-electron chi connectivity index (χ4n) is 3.84. The Morgan fingerprint density at radius 2 is 1.87 bits per heavy atom. The van der Waals surface area contributed by atoms with E-state index in [9.17, 15) is 18.3 Å². The number of hydrogen-bond donors (Lipinski definition) is 2. The fourth-order valence-corrected chi connectivity index (χ4v) is 6.54. The molecule has 3 aromatic heterocycles. The van der Waals surface area contributed by atoms with Crippen LogP contribution in [0.2, 0.25) is 0 Å². The number of pyridine rings is 1. The monoisotopic (exact) mass is 438 g/mol. The number of carbonyl (C=O) groups is 1. The van der Waals surface area contributed by atoms with Gasteiger partial charge in [0.2, 0.25) is 0 Å². The number of nitrogens with zero attached hydrogens (tertiary/aromatic N) is 1. The summed E-state index contributed by atoms with van der Waals surface area (Å²) in [7, 11) is -3.98. The SMILES string of the molecule is O=C(O)[C@]1(NS(=O)(=O)c2ccc(-c3cc4ccccn4c3)s2)C[C@H]1c1ccccc1. The molecule has 6 nitrogen and oxygen atoms in total. The number of benzene rings is 1. The van der Waals surface area contributed by atoms with Gasteiger partial charge in [-0.25, -0.2) is 8.42 Å². The largest absolute Gasteiger partial charge is 0.480 e. The summed E-state index contributed by atoms with van der Waals surface area (Å²) in [4.78, 5) is 12.8. The Kier molecular flexibility index (Phi) is 4.32. The van der Waals surface area contributed by atoms with Gasteiger partial charge in [0.1, 0.15) is 9.75 Å². The molecule has 0 radical (unpaired) electrons. The van der Waals surface area contributed by atoms with Gasteiger partial charge in [-0.05, 0) is 42.3 Å². The highest BCUT2D eigenvalue weighted by atomic mass is 32.2. The Morgan fingerprint density at radius 1 is 1.10 bits per heavy atom. The highest BCUT2D eigenvalue weighted by Gasteiger charge is 2.63. The average molecular weight is 439 g/mol. The average Bonchev–Trinajstić information content (AvgIpc) is 3.09. The zero-order valence-electron chi connectivity index (χ0n) is 15.7. The van der Waals surface area contributed by atoms with Crippen molar-refractivity contribution in [2.75, 3.05) is 0 Å². The molecule has 0 amide bonds. The topological polar surface area (TPSA) is 87.9 Å². The normalized spacial score (nSPS) is 21.0. The Balaban J connectivity index is 1.43. The van der Waals surface area contributed by atoms with Gasteiger partial charge in [0.05, 0.1) is 0 Å². The molecule has 30 heavy (non-hydrogen) atoms. The first-order chi connectivity index (χ1) is 14.4. The summed E-state index contributed by atoms with van der Waals surface area (Å²) in [5, 5.41) is 9.78. The number of carboxylic acids is 1. The summed E-state index contributed by atoms with van der Waals surface area (Å²) in [6.45, 7) is 0. The molecule has 0 spiro atoms. The molecular formula is C22H18N2O4S2. The van der Waals surface area contributed by atoms with Gasteiger partial charge in [0.15, 0.2) is 0 Å². The van der Waals surface area contributed by atoms with Crippen molar-refractivity contribution in [3.63, 3.8) is 0 Å². The summed E-state index contributed by atoms with van der Waals surface area (Å²) in [6, 6.07) is 20.2. The Bertz CT molecular complexity index is 1330. The van der Waals surface area contributed by atoms with Gasteiger partial charge in [-0.2, -0.15) is 4.72 Å². The molecule has 3 heterocycles. The number of thiophene rings is 1. The molecule has 1 aromatic carbocycles. The number of sulfonamides is 1. The van der Waals surface area contributed by atoms with Crippen LogP contribution in [0.25, 0.3) is 16.0 Å². The minimum absolute atomic E-state index is 0.104. The molecule has 8 heteroatoms. The molecule has 0 aliphatic heterocycles. The molecule has 0 saturated heterocycles. The Morgan fingerprint density at radius 3 is 2.60 bits per heavy atom. The lowest BCUT2D eigenvalue weighted by atomic mass is 10.1. The first-order valence-corrected chi connectivity index (χ1v) is 11.7. The number of carboxylic acid groups (broad SMARTS) is 1. The summed E-state index contributed by atoms with van der Waals surface area (Å²) in [6.07, 6.45) is 4.10. The predicted molar refractivity (Wildman–Crippen MR) is 115 cm³/mol. The van der Waals surface area contributed by atoms with Crippen LogP contribution < -0.4 is 4.72 Å². The lowest BCUT2D eigenvalue weighted by Gasteiger charge is -2.14. The maximum atomic E-state index is 13.0. The van der Waals surface area contributed by atoms with Crippen molar-refractivity contribution >= 4 is 32.8 Å². The van der Waals surface area contributed by atoms with Crippen molar-refractivity contribution in [3.05, 3.63) is 84.7 Å². The highest BCUT2D eigenvalue weighted by molar-refractivity contribution is 7.91. The van der Waals surface area contributed by atoms with E-state index in [1.54, 1.807) is 6.07 Å². The second-order valence-electron chi connectivity index (χ2n) is 7.43. The molecule has 152 valence electrons. The van der Waals surface area contributed by atoms with Gasteiger partial charge in [-0.15, -0.1) is 11.3 Å². The number of aliphatic carboxylic acids is 1. The third kappa shape index (κ3) is 3.13.